The van der Waals surface area contributed by atoms with Gasteiger partial charge >= 0.3 is 0 Å². The van der Waals surface area contributed by atoms with Gasteiger partial charge in [-0.25, -0.2) is 13.1 Å². The minimum atomic E-state index is -3.46. The zero-order chi connectivity index (χ0) is 15.5. The molecule has 1 aromatic rings. The van der Waals surface area contributed by atoms with Crippen LogP contribution in [0.5, 0.6) is 0 Å². The molecule has 0 aromatic heterocycles. The summed E-state index contributed by atoms with van der Waals surface area (Å²) in [5.41, 5.74) is 7.55. The summed E-state index contributed by atoms with van der Waals surface area (Å²) < 4.78 is 27.8. The van der Waals surface area contributed by atoms with E-state index in [1.807, 2.05) is 13.0 Å². The zero-order valence-electron chi connectivity index (χ0n) is 12.7. The fourth-order valence-corrected chi connectivity index (χ4v) is 5.00. The van der Waals surface area contributed by atoms with Crippen LogP contribution in [0.3, 0.4) is 0 Å². The quantitative estimate of drug-likeness (QED) is 0.841. The Morgan fingerprint density at radius 3 is 2.57 bits per heavy atom. The molecule has 3 N–H and O–H groups in total. The molecule has 1 fully saturated rings. The highest BCUT2D eigenvalue weighted by atomic mass is 32.2. The van der Waals surface area contributed by atoms with Crippen molar-refractivity contribution in [2.75, 3.05) is 12.8 Å². The first-order chi connectivity index (χ1) is 9.92. The fourth-order valence-electron chi connectivity index (χ4n) is 2.82. The number of aryl methyl sites for hydroxylation is 1. The van der Waals surface area contributed by atoms with Crippen molar-refractivity contribution in [3.8, 4) is 0 Å². The van der Waals surface area contributed by atoms with Crippen LogP contribution < -0.4 is 10.5 Å². The van der Waals surface area contributed by atoms with E-state index in [2.05, 4.69) is 11.0 Å². The molecular weight excluding hydrogens is 304 g/mol. The highest BCUT2D eigenvalue weighted by molar-refractivity contribution is 8.00. The van der Waals surface area contributed by atoms with E-state index in [-0.39, 0.29) is 4.75 Å². The Balaban J connectivity index is 2.15. The molecule has 0 spiro atoms. The van der Waals surface area contributed by atoms with Gasteiger partial charge < -0.3 is 5.73 Å². The summed E-state index contributed by atoms with van der Waals surface area (Å²) >= 11 is 1.78. The van der Waals surface area contributed by atoms with Crippen LogP contribution in [0.2, 0.25) is 0 Å². The number of nitrogens with one attached hydrogen (secondary N) is 1. The second-order valence-electron chi connectivity index (χ2n) is 5.71. The van der Waals surface area contributed by atoms with Crippen LogP contribution in [0.1, 0.15) is 36.8 Å². The number of rotatable bonds is 6. The molecule has 6 heteroatoms. The van der Waals surface area contributed by atoms with Crippen molar-refractivity contribution in [2.24, 2.45) is 5.73 Å². The molecule has 0 unspecified atom stereocenters. The molecule has 0 radical (unpaired) electrons. The molecule has 1 aromatic carbocycles. The average Bonchev–Trinajstić information content (AvgIpc) is 2.95. The van der Waals surface area contributed by atoms with Gasteiger partial charge in [0.05, 0.1) is 4.90 Å². The normalized spacial score (nSPS) is 18.0. The number of hydrogen-bond acceptors (Lipinski definition) is 4. The minimum Gasteiger partial charge on any atom is -0.326 e. The predicted octanol–water partition coefficient (Wildman–Crippen LogP) is 2.41. The van der Waals surface area contributed by atoms with Gasteiger partial charge in [0, 0.05) is 17.8 Å². The van der Waals surface area contributed by atoms with E-state index in [1.54, 1.807) is 23.9 Å². The summed E-state index contributed by atoms with van der Waals surface area (Å²) in [6.45, 7) is 2.79. The van der Waals surface area contributed by atoms with Crippen LogP contribution in [-0.4, -0.2) is 26.0 Å². The molecule has 1 aliphatic rings. The number of thioether (sulfide) groups is 1. The lowest BCUT2D eigenvalue weighted by Gasteiger charge is -2.26. The maximum Gasteiger partial charge on any atom is 0.240 e. The Labute approximate surface area is 131 Å². The van der Waals surface area contributed by atoms with Gasteiger partial charge in [0.1, 0.15) is 0 Å². The van der Waals surface area contributed by atoms with Crippen LogP contribution in [0.25, 0.3) is 0 Å². The third kappa shape index (κ3) is 3.80. The lowest BCUT2D eigenvalue weighted by molar-refractivity contribution is 0.551. The van der Waals surface area contributed by atoms with Gasteiger partial charge in [-0.2, -0.15) is 11.8 Å². The Morgan fingerprint density at radius 2 is 2.00 bits per heavy atom. The number of hydrogen-bond donors (Lipinski definition) is 2. The van der Waals surface area contributed by atoms with E-state index < -0.39 is 10.0 Å². The van der Waals surface area contributed by atoms with E-state index in [0.717, 1.165) is 24.0 Å². The van der Waals surface area contributed by atoms with E-state index in [0.29, 0.717) is 18.0 Å². The van der Waals surface area contributed by atoms with Gasteiger partial charge in [0.25, 0.3) is 0 Å². The molecule has 1 saturated carbocycles. The Bertz CT molecular complexity index is 594. The van der Waals surface area contributed by atoms with Gasteiger partial charge in [0.2, 0.25) is 10.0 Å². The summed E-state index contributed by atoms with van der Waals surface area (Å²) in [5, 5.41) is 0. The first-order valence-corrected chi connectivity index (χ1v) is 9.98. The summed E-state index contributed by atoms with van der Waals surface area (Å²) in [6, 6.07) is 5.14. The minimum absolute atomic E-state index is 0.0640. The smallest absolute Gasteiger partial charge is 0.240 e. The molecule has 2 rings (SSSR count). The molecular formula is C15H24N2O2S2. The zero-order valence-corrected chi connectivity index (χ0v) is 14.3. The first-order valence-electron chi connectivity index (χ1n) is 7.27. The standard InChI is InChI=1S/C15H24N2O2S2/c1-12-5-6-14(9-13(12)10-16)21(18,19)17-11-15(20-2)7-3-4-8-15/h5-6,9,17H,3-4,7-8,10-11,16H2,1-2H3. The van der Waals surface area contributed by atoms with Gasteiger partial charge in [-0.05, 0) is 49.3 Å². The van der Waals surface area contributed by atoms with Gasteiger partial charge in [-0.3, -0.25) is 0 Å². The second kappa shape index (κ2) is 6.69. The van der Waals surface area contributed by atoms with Crippen molar-refractivity contribution < 1.29 is 8.42 Å². The molecule has 1 aliphatic carbocycles. The van der Waals surface area contributed by atoms with Crippen molar-refractivity contribution in [2.45, 2.75) is 48.8 Å². The van der Waals surface area contributed by atoms with Crippen molar-refractivity contribution in [3.63, 3.8) is 0 Å². The molecule has 4 nitrogen and oxygen atoms in total. The number of nitrogens with two attached hydrogens (primary N) is 1. The van der Waals surface area contributed by atoms with Gasteiger partial charge in [-0.15, -0.1) is 0 Å². The van der Waals surface area contributed by atoms with E-state index in [9.17, 15) is 8.42 Å². The highest BCUT2D eigenvalue weighted by Crippen LogP contribution is 2.39. The molecule has 21 heavy (non-hydrogen) atoms. The predicted molar refractivity (Wildman–Crippen MR) is 89.0 cm³/mol. The topological polar surface area (TPSA) is 72.2 Å². The molecule has 0 aliphatic heterocycles. The van der Waals surface area contributed by atoms with Crippen molar-refractivity contribution in [3.05, 3.63) is 29.3 Å². The van der Waals surface area contributed by atoms with Gasteiger partial charge in [-0.1, -0.05) is 18.9 Å². The van der Waals surface area contributed by atoms with Crippen molar-refractivity contribution in [1.82, 2.24) is 4.72 Å². The summed E-state index contributed by atoms with van der Waals surface area (Å²) in [6.07, 6.45) is 6.60. The maximum absolute atomic E-state index is 12.5. The van der Waals surface area contributed by atoms with Crippen molar-refractivity contribution in [1.29, 1.82) is 0 Å². The van der Waals surface area contributed by atoms with Crippen LogP contribution in [-0.2, 0) is 16.6 Å². The molecule has 0 heterocycles. The first kappa shape index (κ1) is 16.8. The summed E-state index contributed by atoms with van der Waals surface area (Å²) in [7, 11) is -3.46. The SMILES string of the molecule is CSC1(CNS(=O)(=O)c2ccc(C)c(CN)c2)CCCC1. The van der Waals surface area contributed by atoms with Crippen molar-refractivity contribution >= 4 is 21.8 Å². The molecule has 0 saturated heterocycles. The van der Waals surface area contributed by atoms with E-state index in [4.69, 9.17) is 5.73 Å². The Morgan fingerprint density at radius 1 is 1.33 bits per heavy atom. The third-order valence-electron chi connectivity index (χ3n) is 4.38. The monoisotopic (exact) mass is 328 g/mol. The maximum atomic E-state index is 12.5. The Kier molecular flexibility index (Phi) is 5.35. The largest absolute Gasteiger partial charge is 0.326 e. The number of benzene rings is 1. The third-order valence-corrected chi connectivity index (χ3v) is 7.20. The molecule has 0 bridgehead atoms. The van der Waals surface area contributed by atoms with E-state index in [1.165, 1.54) is 12.8 Å². The molecule has 0 atom stereocenters. The average molecular weight is 329 g/mol. The summed E-state index contributed by atoms with van der Waals surface area (Å²) in [5.74, 6) is 0. The highest BCUT2D eigenvalue weighted by Gasteiger charge is 2.34. The Hall–Kier alpha value is -0.560. The van der Waals surface area contributed by atoms with E-state index >= 15 is 0 Å². The summed E-state index contributed by atoms with van der Waals surface area (Å²) in [4.78, 5) is 0.308. The lowest BCUT2D eigenvalue weighted by Crippen LogP contribution is -2.38. The van der Waals surface area contributed by atoms with Crippen LogP contribution >= 0.6 is 11.8 Å². The number of sulfonamides is 1. The van der Waals surface area contributed by atoms with Crippen LogP contribution in [0.15, 0.2) is 23.1 Å². The lowest BCUT2D eigenvalue weighted by atomic mass is 10.1. The van der Waals surface area contributed by atoms with Crippen LogP contribution in [0, 0.1) is 6.92 Å². The molecule has 0 amide bonds. The van der Waals surface area contributed by atoms with Gasteiger partial charge in [0.15, 0.2) is 0 Å². The molecule has 118 valence electrons. The fraction of sp³-hybridized carbons (Fsp3) is 0.600. The van der Waals surface area contributed by atoms with Crippen LogP contribution in [0.4, 0.5) is 0 Å². The second-order valence-corrected chi connectivity index (χ2v) is 8.75.